The Hall–Kier alpha value is -0.520. The normalized spacial score (nSPS) is 16.7. The van der Waals surface area contributed by atoms with Crippen molar-refractivity contribution in [1.82, 2.24) is 0 Å². The molecule has 88 valence electrons. The summed E-state index contributed by atoms with van der Waals surface area (Å²) < 4.78 is 0. The zero-order valence-electron chi connectivity index (χ0n) is 10.8. The zero-order valence-corrected chi connectivity index (χ0v) is 10.8. The van der Waals surface area contributed by atoms with Crippen molar-refractivity contribution in [3.05, 3.63) is 25.3 Å². The Morgan fingerprint density at radius 3 is 2.13 bits per heavy atom. The molecule has 0 bridgehead atoms. The molecular formula is C15H28. The predicted molar refractivity (Wildman–Crippen MR) is 71.0 cm³/mol. The van der Waals surface area contributed by atoms with Crippen molar-refractivity contribution in [2.45, 2.75) is 52.9 Å². The Kier molecular flexibility index (Phi) is 8.46. The molecule has 0 aromatic rings. The molecule has 0 aliphatic heterocycles. The molecule has 0 saturated heterocycles. The monoisotopic (exact) mass is 208 g/mol. The van der Waals surface area contributed by atoms with E-state index in [1.54, 1.807) is 0 Å². The van der Waals surface area contributed by atoms with Crippen LogP contribution in [0.5, 0.6) is 0 Å². The van der Waals surface area contributed by atoms with Crippen molar-refractivity contribution in [1.29, 1.82) is 0 Å². The second-order valence-electron chi connectivity index (χ2n) is 4.74. The minimum absolute atomic E-state index is 0.618. The molecule has 0 amide bonds. The highest BCUT2D eigenvalue weighted by atomic mass is 14.2. The Bertz CT molecular complexity index is 169. The fourth-order valence-corrected chi connectivity index (χ4v) is 2.19. The SMILES string of the molecule is C=CC(C)CC(C=C)CC(CC)CCC. The van der Waals surface area contributed by atoms with Gasteiger partial charge in [-0.2, -0.15) is 0 Å². The predicted octanol–water partition coefficient (Wildman–Crippen LogP) is 5.22. The summed E-state index contributed by atoms with van der Waals surface area (Å²) in [6.45, 7) is 14.6. The summed E-state index contributed by atoms with van der Waals surface area (Å²) in [5.74, 6) is 2.18. The molecule has 3 atom stereocenters. The fourth-order valence-electron chi connectivity index (χ4n) is 2.19. The van der Waals surface area contributed by atoms with Crippen molar-refractivity contribution in [2.75, 3.05) is 0 Å². The van der Waals surface area contributed by atoms with E-state index in [9.17, 15) is 0 Å². The first-order chi connectivity index (χ1) is 7.17. The van der Waals surface area contributed by atoms with Crippen LogP contribution < -0.4 is 0 Å². The first-order valence-electron chi connectivity index (χ1n) is 6.42. The van der Waals surface area contributed by atoms with Gasteiger partial charge >= 0.3 is 0 Å². The van der Waals surface area contributed by atoms with Crippen LogP contribution in [0.2, 0.25) is 0 Å². The van der Waals surface area contributed by atoms with Crippen LogP contribution >= 0.6 is 0 Å². The van der Waals surface area contributed by atoms with Gasteiger partial charge < -0.3 is 0 Å². The van der Waals surface area contributed by atoms with E-state index >= 15 is 0 Å². The highest BCUT2D eigenvalue weighted by molar-refractivity contribution is 4.86. The molecule has 0 aliphatic rings. The van der Waals surface area contributed by atoms with Crippen LogP contribution in [-0.2, 0) is 0 Å². The lowest BCUT2D eigenvalue weighted by atomic mass is 9.84. The molecule has 0 heterocycles. The van der Waals surface area contributed by atoms with Gasteiger partial charge in [0, 0.05) is 0 Å². The summed E-state index contributed by atoms with van der Waals surface area (Å²) in [4.78, 5) is 0. The summed E-state index contributed by atoms with van der Waals surface area (Å²) in [7, 11) is 0. The molecule has 0 nitrogen and oxygen atoms in total. The van der Waals surface area contributed by atoms with Crippen LogP contribution in [0, 0.1) is 17.8 Å². The van der Waals surface area contributed by atoms with Crippen molar-refractivity contribution < 1.29 is 0 Å². The molecular weight excluding hydrogens is 180 g/mol. The Morgan fingerprint density at radius 1 is 1.07 bits per heavy atom. The molecule has 3 unspecified atom stereocenters. The first-order valence-corrected chi connectivity index (χ1v) is 6.42. The molecule has 0 saturated carbocycles. The third kappa shape index (κ3) is 6.54. The van der Waals surface area contributed by atoms with E-state index in [-0.39, 0.29) is 0 Å². The lowest BCUT2D eigenvalue weighted by Crippen LogP contribution is -2.09. The van der Waals surface area contributed by atoms with Gasteiger partial charge in [0.25, 0.3) is 0 Å². The first kappa shape index (κ1) is 14.5. The summed E-state index contributed by atoms with van der Waals surface area (Å²) in [6, 6.07) is 0. The van der Waals surface area contributed by atoms with Crippen molar-refractivity contribution in [2.24, 2.45) is 17.8 Å². The zero-order chi connectivity index (χ0) is 11.7. The van der Waals surface area contributed by atoms with Gasteiger partial charge in [-0.1, -0.05) is 52.2 Å². The van der Waals surface area contributed by atoms with Crippen LogP contribution in [0.1, 0.15) is 52.9 Å². The van der Waals surface area contributed by atoms with Crippen LogP contribution in [-0.4, -0.2) is 0 Å². The van der Waals surface area contributed by atoms with Crippen LogP contribution in [0.15, 0.2) is 25.3 Å². The van der Waals surface area contributed by atoms with E-state index in [4.69, 9.17) is 0 Å². The average Bonchev–Trinajstić information content (AvgIpc) is 2.26. The van der Waals surface area contributed by atoms with E-state index < -0.39 is 0 Å². The minimum atomic E-state index is 0.618. The third-order valence-electron chi connectivity index (χ3n) is 3.32. The number of allylic oxidation sites excluding steroid dienone is 2. The highest BCUT2D eigenvalue weighted by Crippen LogP contribution is 2.26. The van der Waals surface area contributed by atoms with Gasteiger partial charge in [-0.3, -0.25) is 0 Å². The van der Waals surface area contributed by atoms with Crippen molar-refractivity contribution in [3.8, 4) is 0 Å². The molecule has 0 heteroatoms. The smallest absolute Gasteiger partial charge is 0.0228 e. The van der Waals surface area contributed by atoms with Gasteiger partial charge in [0.05, 0.1) is 0 Å². The molecule has 0 spiro atoms. The van der Waals surface area contributed by atoms with E-state index in [1.165, 1.54) is 32.1 Å². The average molecular weight is 208 g/mol. The molecule has 0 radical (unpaired) electrons. The standard InChI is InChI=1S/C15H28/c1-6-10-14(8-3)12-15(9-4)11-13(5)7-2/h7,9,13-15H,2,4,6,8,10-12H2,1,3,5H3. The Labute approximate surface area is 96.5 Å². The van der Waals surface area contributed by atoms with E-state index in [0.29, 0.717) is 11.8 Å². The maximum atomic E-state index is 3.96. The minimum Gasteiger partial charge on any atom is -0.103 e. The quantitative estimate of drug-likeness (QED) is 0.456. The van der Waals surface area contributed by atoms with Crippen molar-refractivity contribution in [3.63, 3.8) is 0 Å². The van der Waals surface area contributed by atoms with E-state index in [2.05, 4.69) is 46.1 Å². The largest absolute Gasteiger partial charge is 0.103 e. The summed E-state index contributed by atoms with van der Waals surface area (Å²) in [5.41, 5.74) is 0. The summed E-state index contributed by atoms with van der Waals surface area (Å²) >= 11 is 0. The lowest BCUT2D eigenvalue weighted by molar-refractivity contribution is 0.351. The topological polar surface area (TPSA) is 0 Å². The highest BCUT2D eigenvalue weighted by Gasteiger charge is 2.13. The van der Waals surface area contributed by atoms with Crippen LogP contribution in [0.25, 0.3) is 0 Å². The second-order valence-corrected chi connectivity index (χ2v) is 4.74. The summed E-state index contributed by atoms with van der Waals surface area (Å²) in [6.07, 6.45) is 10.7. The van der Waals surface area contributed by atoms with Crippen molar-refractivity contribution >= 4 is 0 Å². The van der Waals surface area contributed by atoms with Gasteiger partial charge in [-0.25, -0.2) is 0 Å². The van der Waals surface area contributed by atoms with E-state index in [0.717, 1.165) is 5.92 Å². The van der Waals surface area contributed by atoms with Crippen LogP contribution in [0.4, 0.5) is 0 Å². The molecule has 0 rings (SSSR count). The van der Waals surface area contributed by atoms with Gasteiger partial charge in [-0.15, -0.1) is 13.2 Å². The molecule has 15 heavy (non-hydrogen) atoms. The second kappa shape index (κ2) is 8.76. The fraction of sp³-hybridized carbons (Fsp3) is 0.733. The van der Waals surface area contributed by atoms with Gasteiger partial charge in [0.15, 0.2) is 0 Å². The third-order valence-corrected chi connectivity index (χ3v) is 3.32. The van der Waals surface area contributed by atoms with E-state index in [1.807, 2.05) is 0 Å². The maximum absolute atomic E-state index is 3.96. The molecule has 0 aromatic carbocycles. The molecule has 0 aromatic heterocycles. The Morgan fingerprint density at radius 2 is 1.73 bits per heavy atom. The van der Waals surface area contributed by atoms with Gasteiger partial charge in [-0.05, 0) is 30.6 Å². The number of rotatable bonds is 9. The molecule has 0 N–H and O–H groups in total. The number of hydrogen-bond acceptors (Lipinski definition) is 0. The maximum Gasteiger partial charge on any atom is -0.0228 e. The summed E-state index contributed by atoms with van der Waals surface area (Å²) in [5, 5.41) is 0. The van der Waals surface area contributed by atoms with Gasteiger partial charge in [0.1, 0.15) is 0 Å². The van der Waals surface area contributed by atoms with Gasteiger partial charge in [0.2, 0.25) is 0 Å². The lowest BCUT2D eigenvalue weighted by Gasteiger charge is -2.21. The molecule has 0 aliphatic carbocycles. The molecule has 0 fully saturated rings. The van der Waals surface area contributed by atoms with Crippen LogP contribution in [0.3, 0.4) is 0 Å². The Balaban J connectivity index is 4.05. The number of hydrogen-bond donors (Lipinski definition) is 0.